The van der Waals surface area contributed by atoms with Gasteiger partial charge in [0.05, 0.1) is 4.90 Å². The number of nitrogens with two attached hydrogens (primary N) is 1. The highest BCUT2D eigenvalue weighted by Crippen LogP contribution is 2.11. The van der Waals surface area contributed by atoms with Gasteiger partial charge in [0.1, 0.15) is 0 Å². The number of piperidine rings is 1. The van der Waals surface area contributed by atoms with E-state index >= 15 is 0 Å². The van der Waals surface area contributed by atoms with Gasteiger partial charge in [-0.05, 0) is 43.5 Å². The van der Waals surface area contributed by atoms with Crippen LogP contribution >= 0.6 is 0 Å². The predicted octanol–water partition coefficient (Wildman–Crippen LogP) is 0.577. The molecule has 2 amide bonds. The highest BCUT2D eigenvalue weighted by Gasteiger charge is 2.19. The third-order valence-corrected chi connectivity index (χ3v) is 4.86. The SMILES string of the molecule is NCCc1ccc(S(=O)(=O)NC(=O)NN2CCCCC2)cc1. The van der Waals surface area contributed by atoms with Crippen LogP contribution < -0.4 is 15.9 Å². The first kappa shape index (κ1) is 16.7. The van der Waals surface area contributed by atoms with E-state index in [1.807, 2.05) is 4.72 Å². The molecule has 8 heteroatoms. The summed E-state index contributed by atoms with van der Waals surface area (Å²) in [5.74, 6) is 0. The van der Waals surface area contributed by atoms with Crippen molar-refractivity contribution >= 4 is 16.1 Å². The number of sulfonamides is 1. The van der Waals surface area contributed by atoms with Crippen molar-refractivity contribution in [3.63, 3.8) is 0 Å². The number of hydrogen-bond acceptors (Lipinski definition) is 5. The summed E-state index contributed by atoms with van der Waals surface area (Å²) >= 11 is 0. The molecule has 0 bridgehead atoms. The molecule has 0 aliphatic carbocycles. The summed E-state index contributed by atoms with van der Waals surface area (Å²) < 4.78 is 26.3. The Morgan fingerprint density at radius 3 is 2.36 bits per heavy atom. The smallest absolute Gasteiger partial charge is 0.330 e. The molecule has 1 aliphatic rings. The number of hydrogen-bond donors (Lipinski definition) is 3. The Balaban J connectivity index is 1.95. The van der Waals surface area contributed by atoms with Crippen LogP contribution in [-0.2, 0) is 16.4 Å². The summed E-state index contributed by atoms with van der Waals surface area (Å²) in [5.41, 5.74) is 8.97. The van der Waals surface area contributed by atoms with Crippen molar-refractivity contribution in [1.29, 1.82) is 0 Å². The molecule has 0 spiro atoms. The number of nitrogens with zero attached hydrogens (tertiary/aromatic N) is 1. The van der Waals surface area contributed by atoms with Gasteiger partial charge in [-0.2, -0.15) is 0 Å². The van der Waals surface area contributed by atoms with Crippen LogP contribution in [0.2, 0.25) is 0 Å². The summed E-state index contributed by atoms with van der Waals surface area (Å²) in [6, 6.07) is 5.62. The van der Waals surface area contributed by atoms with Gasteiger partial charge in [0.25, 0.3) is 10.0 Å². The highest BCUT2D eigenvalue weighted by atomic mass is 32.2. The van der Waals surface area contributed by atoms with Gasteiger partial charge in [0, 0.05) is 13.1 Å². The van der Waals surface area contributed by atoms with E-state index in [4.69, 9.17) is 5.73 Å². The minimum atomic E-state index is -3.86. The van der Waals surface area contributed by atoms with Crippen molar-refractivity contribution in [2.75, 3.05) is 19.6 Å². The zero-order valence-electron chi connectivity index (χ0n) is 12.4. The van der Waals surface area contributed by atoms with Crippen LogP contribution in [0.15, 0.2) is 29.2 Å². The maximum atomic E-state index is 12.1. The van der Waals surface area contributed by atoms with Crippen LogP contribution in [0, 0.1) is 0 Å². The van der Waals surface area contributed by atoms with Crippen LogP contribution in [0.25, 0.3) is 0 Å². The van der Waals surface area contributed by atoms with Crippen molar-refractivity contribution in [1.82, 2.24) is 15.2 Å². The first-order valence-electron chi connectivity index (χ1n) is 7.38. The highest BCUT2D eigenvalue weighted by molar-refractivity contribution is 7.90. The van der Waals surface area contributed by atoms with E-state index in [0.29, 0.717) is 13.0 Å². The van der Waals surface area contributed by atoms with Crippen molar-refractivity contribution in [2.24, 2.45) is 5.73 Å². The van der Waals surface area contributed by atoms with Crippen LogP contribution in [0.5, 0.6) is 0 Å². The van der Waals surface area contributed by atoms with Gasteiger partial charge in [-0.25, -0.2) is 22.9 Å². The average Bonchev–Trinajstić information content (AvgIpc) is 2.48. The number of carbonyl (C=O) groups is 1. The molecule has 2 rings (SSSR count). The first-order chi connectivity index (χ1) is 10.5. The van der Waals surface area contributed by atoms with Gasteiger partial charge in [-0.3, -0.25) is 5.43 Å². The Bertz CT molecular complexity index is 595. The number of amides is 2. The Kier molecular flexibility index (Phi) is 5.76. The average molecular weight is 326 g/mol. The van der Waals surface area contributed by atoms with Gasteiger partial charge in [0.15, 0.2) is 0 Å². The number of hydrazine groups is 1. The number of nitrogens with one attached hydrogen (secondary N) is 2. The van der Waals surface area contributed by atoms with E-state index in [0.717, 1.165) is 37.9 Å². The monoisotopic (exact) mass is 326 g/mol. The van der Waals surface area contributed by atoms with Gasteiger partial charge < -0.3 is 5.73 Å². The summed E-state index contributed by atoms with van der Waals surface area (Å²) in [4.78, 5) is 11.9. The molecule has 0 atom stereocenters. The minimum absolute atomic E-state index is 0.0575. The second-order valence-corrected chi connectivity index (χ2v) is 6.96. The van der Waals surface area contributed by atoms with Crippen LogP contribution in [0.4, 0.5) is 4.79 Å². The normalized spacial score (nSPS) is 16.2. The van der Waals surface area contributed by atoms with E-state index in [1.54, 1.807) is 17.1 Å². The fourth-order valence-electron chi connectivity index (χ4n) is 2.36. The van der Waals surface area contributed by atoms with Crippen LogP contribution in [0.1, 0.15) is 24.8 Å². The molecule has 7 nitrogen and oxygen atoms in total. The Morgan fingerprint density at radius 2 is 1.77 bits per heavy atom. The fourth-order valence-corrected chi connectivity index (χ4v) is 3.26. The largest absolute Gasteiger partial charge is 0.343 e. The van der Waals surface area contributed by atoms with Gasteiger partial charge in [-0.1, -0.05) is 18.6 Å². The molecule has 1 fully saturated rings. The standard InChI is InChI=1S/C14H22N4O3S/c15-9-8-12-4-6-13(7-5-12)22(20,21)17-14(19)16-18-10-2-1-3-11-18/h4-7H,1-3,8-11,15H2,(H2,16,17,19). The third kappa shape index (κ3) is 4.69. The molecule has 0 radical (unpaired) electrons. The lowest BCUT2D eigenvalue weighted by Gasteiger charge is -2.26. The molecule has 1 aromatic rings. The third-order valence-electron chi connectivity index (χ3n) is 3.51. The van der Waals surface area contributed by atoms with E-state index in [2.05, 4.69) is 5.43 Å². The first-order valence-corrected chi connectivity index (χ1v) is 8.87. The molecule has 1 aromatic carbocycles. The molecular weight excluding hydrogens is 304 g/mol. The summed E-state index contributed by atoms with van der Waals surface area (Å²) in [7, 11) is -3.86. The molecular formula is C14H22N4O3S. The maximum absolute atomic E-state index is 12.1. The topological polar surface area (TPSA) is 105 Å². The van der Waals surface area contributed by atoms with Crippen molar-refractivity contribution in [2.45, 2.75) is 30.6 Å². The second kappa shape index (κ2) is 7.57. The van der Waals surface area contributed by atoms with Gasteiger partial charge in [0.2, 0.25) is 0 Å². The van der Waals surface area contributed by atoms with E-state index in [9.17, 15) is 13.2 Å². The minimum Gasteiger partial charge on any atom is -0.330 e. The van der Waals surface area contributed by atoms with Gasteiger partial charge >= 0.3 is 6.03 Å². The predicted molar refractivity (Wildman–Crippen MR) is 83.5 cm³/mol. The lowest BCUT2D eigenvalue weighted by molar-refractivity contribution is 0.158. The second-order valence-electron chi connectivity index (χ2n) is 5.28. The van der Waals surface area contributed by atoms with E-state index in [-0.39, 0.29) is 4.90 Å². The summed E-state index contributed by atoms with van der Waals surface area (Å²) in [6.07, 6.45) is 3.81. The number of rotatable bonds is 5. The lowest BCUT2D eigenvalue weighted by atomic mass is 10.2. The summed E-state index contributed by atoms with van der Waals surface area (Å²) in [6.45, 7) is 1.98. The molecule has 0 aromatic heterocycles. The molecule has 1 aliphatic heterocycles. The molecule has 22 heavy (non-hydrogen) atoms. The fraction of sp³-hybridized carbons (Fsp3) is 0.500. The quantitative estimate of drug-likeness (QED) is 0.734. The molecule has 4 N–H and O–H groups in total. The van der Waals surface area contributed by atoms with Crippen molar-refractivity contribution in [3.8, 4) is 0 Å². The maximum Gasteiger partial charge on any atom is 0.343 e. The Hall–Kier alpha value is -1.64. The van der Waals surface area contributed by atoms with E-state index < -0.39 is 16.1 Å². The lowest BCUT2D eigenvalue weighted by Crippen LogP contribution is -2.50. The zero-order valence-corrected chi connectivity index (χ0v) is 13.2. The van der Waals surface area contributed by atoms with Crippen molar-refractivity contribution < 1.29 is 13.2 Å². The molecule has 0 unspecified atom stereocenters. The number of carbonyl (C=O) groups excluding carboxylic acids is 1. The molecule has 122 valence electrons. The number of benzene rings is 1. The molecule has 0 saturated carbocycles. The van der Waals surface area contributed by atoms with Gasteiger partial charge in [-0.15, -0.1) is 0 Å². The summed E-state index contributed by atoms with van der Waals surface area (Å²) in [5, 5.41) is 1.73. The van der Waals surface area contributed by atoms with Crippen molar-refractivity contribution in [3.05, 3.63) is 29.8 Å². The van der Waals surface area contributed by atoms with Crippen LogP contribution in [0.3, 0.4) is 0 Å². The Morgan fingerprint density at radius 1 is 1.14 bits per heavy atom. The van der Waals surface area contributed by atoms with Crippen LogP contribution in [-0.4, -0.2) is 39.1 Å². The zero-order chi connectivity index (χ0) is 16.0. The number of urea groups is 1. The molecule has 1 saturated heterocycles. The Labute approximate surface area is 130 Å². The molecule has 1 heterocycles. The van der Waals surface area contributed by atoms with E-state index in [1.165, 1.54) is 12.1 Å².